The minimum Gasteiger partial charge on any atom is -0.444 e. The number of rotatable bonds is 3. The first-order chi connectivity index (χ1) is 9.10. The molecule has 110 valence electrons. The summed E-state index contributed by atoms with van der Waals surface area (Å²) in [7, 11) is 0. The van der Waals surface area contributed by atoms with E-state index < -0.39 is 17.7 Å². The SMILES string of the molecule is Cc1cc(C(=O)C(C)N)ccc1NC(=O)OC(C)(C)C. The normalized spacial score (nSPS) is 12.7. The number of ether oxygens (including phenoxy) is 1. The lowest BCUT2D eigenvalue weighted by atomic mass is 10.0. The van der Waals surface area contributed by atoms with Crippen LogP contribution in [0.2, 0.25) is 0 Å². The number of amides is 1. The molecule has 5 heteroatoms. The van der Waals surface area contributed by atoms with Crippen LogP contribution in [0.15, 0.2) is 18.2 Å². The van der Waals surface area contributed by atoms with E-state index in [9.17, 15) is 9.59 Å². The van der Waals surface area contributed by atoms with Gasteiger partial charge in [-0.05, 0) is 58.4 Å². The molecule has 3 N–H and O–H groups in total. The van der Waals surface area contributed by atoms with E-state index >= 15 is 0 Å². The lowest BCUT2D eigenvalue weighted by molar-refractivity contribution is 0.0635. The maximum absolute atomic E-state index is 11.8. The summed E-state index contributed by atoms with van der Waals surface area (Å²) >= 11 is 0. The van der Waals surface area contributed by atoms with E-state index in [0.717, 1.165) is 5.56 Å². The van der Waals surface area contributed by atoms with Gasteiger partial charge in [0.2, 0.25) is 0 Å². The van der Waals surface area contributed by atoms with Crippen molar-refractivity contribution in [1.29, 1.82) is 0 Å². The summed E-state index contributed by atoms with van der Waals surface area (Å²) in [5, 5.41) is 2.66. The fourth-order valence-corrected chi connectivity index (χ4v) is 1.63. The molecule has 1 aromatic carbocycles. The summed E-state index contributed by atoms with van der Waals surface area (Å²) in [5.41, 5.74) is 6.94. The maximum atomic E-state index is 11.8. The molecule has 0 aliphatic heterocycles. The Bertz CT molecular complexity index is 516. The number of aryl methyl sites for hydroxylation is 1. The average molecular weight is 278 g/mol. The zero-order valence-electron chi connectivity index (χ0n) is 12.6. The van der Waals surface area contributed by atoms with Crippen molar-refractivity contribution in [2.75, 3.05) is 5.32 Å². The topological polar surface area (TPSA) is 81.4 Å². The van der Waals surface area contributed by atoms with Crippen molar-refractivity contribution in [3.8, 4) is 0 Å². The number of nitrogens with one attached hydrogen (secondary N) is 1. The first-order valence-electron chi connectivity index (χ1n) is 6.50. The molecule has 0 radical (unpaired) electrons. The monoisotopic (exact) mass is 278 g/mol. The van der Waals surface area contributed by atoms with Gasteiger partial charge in [0.25, 0.3) is 0 Å². The maximum Gasteiger partial charge on any atom is 0.412 e. The Kier molecular flexibility index (Phi) is 4.89. The summed E-state index contributed by atoms with van der Waals surface area (Å²) in [6.07, 6.45) is -0.521. The quantitative estimate of drug-likeness (QED) is 0.833. The minimum absolute atomic E-state index is 0.128. The minimum atomic E-state index is -0.553. The van der Waals surface area contributed by atoms with Gasteiger partial charge in [-0.2, -0.15) is 0 Å². The Morgan fingerprint density at radius 2 is 1.90 bits per heavy atom. The van der Waals surface area contributed by atoms with Crippen molar-refractivity contribution in [3.63, 3.8) is 0 Å². The van der Waals surface area contributed by atoms with Crippen LogP contribution in [0, 0.1) is 6.92 Å². The van der Waals surface area contributed by atoms with Crippen LogP contribution < -0.4 is 11.1 Å². The highest BCUT2D eigenvalue weighted by Crippen LogP contribution is 2.18. The fourth-order valence-electron chi connectivity index (χ4n) is 1.63. The molecule has 0 fully saturated rings. The molecule has 20 heavy (non-hydrogen) atoms. The van der Waals surface area contributed by atoms with E-state index in [0.29, 0.717) is 11.3 Å². The molecule has 0 saturated carbocycles. The van der Waals surface area contributed by atoms with Gasteiger partial charge in [0.15, 0.2) is 5.78 Å². The Morgan fingerprint density at radius 3 is 2.35 bits per heavy atom. The second-order valence-corrected chi connectivity index (χ2v) is 5.81. The second kappa shape index (κ2) is 6.05. The van der Waals surface area contributed by atoms with Gasteiger partial charge in [0.1, 0.15) is 5.60 Å². The molecular formula is C15H22N2O3. The van der Waals surface area contributed by atoms with Crippen LogP contribution in [0.1, 0.15) is 43.6 Å². The zero-order valence-corrected chi connectivity index (χ0v) is 12.6. The second-order valence-electron chi connectivity index (χ2n) is 5.81. The number of carbonyl (C=O) groups is 2. The number of hydrogen-bond donors (Lipinski definition) is 2. The molecular weight excluding hydrogens is 256 g/mol. The third-order valence-electron chi connectivity index (χ3n) is 2.56. The number of hydrogen-bond acceptors (Lipinski definition) is 4. The third kappa shape index (κ3) is 4.66. The smallest absolute Gasteiger partial charge is 0.412 e. The molecule has 0 aliphatic rings. The highest BCUT2D eigenvalue weighted by atomic mass is 16.6. The molecule has 5 nitrogen and oxygen atoms in total. The van der Waals surface area contributed by atoms with Gasteiger partial charge in [-0.3, -0.25) is 10.1 Å². The van der Waals surface area contributed by atoms with E-state index in [2.05, 4.69) is 5.32 Å². The Morgan fingerprint density at radius 1 is 1.30 bits per heavy atom. The van der Waals surface area contributed by atoms with Gasteiger partial charge in [-0.25, -0.2) is 4.79 Å². The molecule has 1 unspecified atom stereocenters. The highest BCUT2D eigenvalue weighted by molar-refractivity contribution is 6.00. The van der Waals surface area contributed by atoms with Gasteiger partial charge in [-0.1, -0.05) is 0 Å². The Labute approximate surface area is 119 Å². The van der Waals surface area contributed by atoms with Crippen molar-refractivity contribution in [2.24, 2.45) is 5.73 Å². The largest absolute Gasteiger partial charge is 0.444 e. The molecule has 0 saturated heterocycles. The highest BCUT2D eigenvalue weighted by Gasteiger charge is 2.17. The van der Waals surface area contributed by atoms with E-state index in [1.165, 1.54) is 0 Å². The van der Waals surface area contributed by atoms with Crippen LogP contribution in [0.25, 0.3) is 0 Å². The van der Waals surface area contributed by atoms with Crippen molar-refractivity contribution in [2.45, 2.75) is 46.3 Å². The van der Waals surface area contributed by atoms with E-state index in [1.807, 2.05) is 6.92 Å². The number of ketones is 1. The molecule has 0 aromatic heterocycles. The third-order valence-corrected chi connectivity index (χ3v) is 2.56. The van der Waals surface area contributed by atoms with E-state index in [-0.39, 0.29) is 5.78 Å². The number of carbonyl (C=O) groups excluding carboxylic acids is 2. The summed E-state index contributed by atoms with van der Waals surface area (Å²) in [6, 6.07) is 4.48. The standard InChI is InChI=1S/C15H22N2O3/c1-9-8-11(13(18)10(2)16)6-7-12(9)17-14(19)20-15(3,4)5/h6-8,10H,16H2,1-5H3,(H,17,19). The van der Waals surface area contributed by atoms with Crippen LogP contribution in [-0.2, 0) is 4.74 Å². The van der Waals surface area contributed by atoms with Gasteiger partial charge in [0.05, 0.1) is 6.04 Å². The van der Waals surface area contributed by atoms with E-state index in [4.69, 9.17) is 10.5 Å². The fraction of sp³-hybridized carbons (Fsp3) is 0.467. The predicted octanol–water partition coefficient (Wildman–Crippen LogP) is 2.87. The Balaban J connectivity index is 2.84. The molecule has 1 rings (SSSR count). The first kappa shape index (κ1) is 16.2. The van der Waals surface area contributed by atoms with Crippen LogP contribution in [-0.4, -0.2) is 23.5 Å². The van der Waals surface area contributed by atoms with Gasteiger partial charge < -0.3 is 10.5 Å². The van der Waals surface area contributed by atoms with Gasteiger partial charge >= 0.3 is 6.09 Å². The summed E-state index contributed by atoms with van der Waals surface area (Å²) < 4.78 is 5.18. The van der Waals surface area contributed by atoms with Crippen LogP contribution >= 0.6 is 0 Å². The number of anilines is 1. The lowest BCUT2D eigenvalue weighted by Crippen LogP contribution is -2.28. The zero-order chi connectivity index (χ0) is 15.5. The van der Waals surface area contributed by atoms with Crippen molar-refractivity contribution in [3.05, 3.63) is 29.3 Å². The van der Waals surface area contributed by atoms with Crippen LogP contribution in [0.4, 0.5) is 10.5 Å². The summed E-state index contributed by atoms with van der Waals surface area (Å²) in [6.45, 7) is 8.84. The van der Waals surface area contributed by atoms with Crippen molar-refractivity contribution in [1.82, 2.24) is 0 Å². The van der Waals surface area contributed by atoms with Gasteiger partial charge in [-0.15, -0.1) is 0 Å². The Hall–Kier alpha value is -1.88. The van der Waals surface area contributed by atoms with Crippen LogP contribution in [0.3, 0.4) is 0 Å². The molecule has 0 aliphatic carbocycles. The average Bonchev–Trinajstić information content (AvgIpc) is 2.28. The number of nitrogens with two attached hydrogens (primary N) is 1. The van der Waals surface area contributed by atoms with Crippen molar-refractivity contribution < 1.29 is 14.3 Å². The van der Waals surface area contributed by atoms with E-state index in [1.54, 1.807) is 45.9 Å². The van der Waals surface area contributed by atoms with Crippen molar-refractivity contribution >= 4 is 17.6 Å². The lowest BCUT2D eigenvalue weighted by Gasteiger charge is -2.20. The molecule has 0 heterocycles. The summed E-state index contributed by atoms with van der Waals surface area (Å²) in [4.78, 5) is 23.5. The summed E-state index contributed by atoms with van der Waals surface area (Å²) in [5.74, 6) is -0.128. The van der Waals surface area contributed by atoms with Crippen LogP contribution in [0.5, 0.6) is 0 Å². The molecule has 1 atom stereocenters. The molecule has 0 bridgehead atoms. The van der Waals surface area contributed by atoms with Gasteiger partial charge in [0, 0.05) is 11.3 Å². The number of benzene rings is 1. The predicted molar refractivity (Wildman–Crippen MR) is 79.0 cm³/mol. The molecule has 1 amide bonds. The first-order valence-corrected chi connectivity index (χ1v) is 6.50. The molecule has 1 aromatic rings. The number of Topliss-reactive ketones (excluding diaryl/α,β-unsaturated/α-hetero) is 1. The molecule has 0 spiro atoms.